The third kappa shape index (κ3) is 4.76. The van der Waals surface area contributed by atoms with Gasteiger partial charge in [0.25, 0.3) is 0 Å². The average Bonchev–Trinajstić information content (AvgIpc) is 2.59. The molecule has 0 spiro atoms. The lowest BCUT2D eigenvalue weighted by Crippen LogP contribution is -2.37. The van der Waals surface area contributed by atoms with Crippen LogP contribution in [0, 0.1) is 0 Å². The highest BCUT2D eigenvalue weighted by molar-refractivity contribution is 6.27. The molecule has 116 valence electrons. The predicted octanol–water partition coefficient (Wildman–Crippen LogP) is 2.52. The first-order chi connectivity index (χ1) is 10.7. The fourth-order valence-electron chi connectivity index (χ4n) is 2.03. The van der Waals surface area contributed by atoms with Crippen LogP contribution in [0.15, 0.2) is 60.7 Å². The van der Waals surface area contributed by atoms with Gasteiger partial charge in [0.05, 0.1) is 0 Å². The molecule has 1 amide bonds. The van der Waals surface area contributed by atoms with Gasteiger partial charge in [-0.25, -0.2) is 0 Å². The molecule has 0 radical (unpaired) electrons. The Morgan fingerprint density at radius 1 is 1.09 bits per heavy atom. The van der Waals surface area contributed by atoms with E-state index in [0.29, 0.717) is 5.75 Å². The second kappa shape index (κ2) is 8.41. The molecule has 2 rings (SSSR count). The van der Waals surface area contributed by atoms with E-state index >= 15 is 0 Å². The quantitative estimate of drug-likeness (QED) is 0.771. The Bertz CT molecular complexity index is 577. The molecule has 2 unspecified atom stereocenters. The third-order valence-corrected chi connectivity index (χ3v) is 3.36. The van der Waals surface area contributed by atoms with E-state index in [4.69, 9.17) is 16.3 Å². The summed E-state index contributed by atoms with van der Waals surface area (Å²) in [5.41, 5.74) is 0.832. The second-order valence-electron chi connectivity index (χ2n) is 4.77. The van der Waals surface area contributed by atoms with Gasteiger partial charge in [-0.05, 0) is 17.7 Å². The Balaban J connectivity index is 2.13. The van der Waals surface area contributed by atoms with Crippen LogP contribution in [-0.2, 0) is 4.79 Å². The van der Waals surface area contributed by atoms with Gasteiger partial charge in [-0.15, -0.1) is 11.6 Å². The molecule has 2 N–H and O–H groups in total. The summed E-state index contributed by atoms with van der Waals surface area (Å²) in [4.78, 5) is 11.2. The number of nitrogens with one attached hydrogen (secondary N) is 1. The van der Waals surface area contributed by atoms with Crippen molar-refractivity contribution in [3.63, 3.8) is 0 Å². The van der Waals surface area contributed by atoms with E-state index < -0.39 is 12.2 Å². The maximum absolute atomic E-state index is 11.2. The van der Waals surface area contributed by atoms with Crippen molar-refractivity contribution in [2.24, 2.45) is 0 Å². The van der Waals surface area contributed by atoms with Crippen molar-refractivity contribution in [3.05, 3.63) is 66.2 Å². The van der Waals surface area contributed by atoms with Crippen molar-refractivity contribution in [1.29, 1.82) is 0 Å². The Morgan fingerprint density at radius 3 is 2.27 bits per heavy atom. The number of halogens is 1. The lowest BCUT2D eigenvalue weighted by atomic mass is 10.0. The van der Waals surface area contributed by atoms with Crippen LogP contribution in [0.5, 0.6) is 5.75 Å². The van der Waals surface area contributed by atoms with Gasteiger partial charge in [0.15, 0.2) is 6.10 Å². The molecular weight excluding hydrogens is 302 g/mol. The first-order valence-corrected chi connectivity index (χ1v) is 7.51. The molecule has 0 aliphatic carbocycles. The van der Waals surface area contributed by atoms with E-state index in [1.54, 1.807) is 0 Å². The van der Waals surface area contributed by atoms with Crippen LogP contribution in [0.3, 0.4) is 0 Å². The maximum Gasteiger partial charge on any atom is 0.235 e. The number of aliphatic hydroxyl groups is 1. The lowest BCUT2D eigenvalue weighted by molar-refractivity contribution is -0.119. The molecule has 0 bridgehead atoms. The summed E-state index contributed by atoms with van der Waals surface area (Å²) in [6, 6.07) is 18.6. The molecule has 0 saturated heterocycles. The van der Waals surface area contributed by atoms with Crippen LogP contribution in [0.25, 0.3) is 0 Å². The van der Waals surface area contributed by atoms with Gasteiger partial charge >= 0.3 is 0 Å². The molecule has 2 aromatic rings. The predicted molar refractivity (Wildman–Crippen MR) is 86.0 cm³/mol. The topological polar surface area (TPSA) is 58.6 Å². The fraction of sp³-hybridized carbons (Fsp3) is 0.235. The van der Waals surface area contributed by atoms with Gasteiger partial charge < -0.3 is 15.2 Å². The van der Waals surface area contributed by atoms with Crippen molar-refractivity contribution < 1.29 is 14.6 Å². The molecule has 4 nitrogen and oxygen atoms in total. The zero-order valence-corrected chi connectivity index (χ0v) is 12.7. The first kappa shape index (κ1) is 16.3. The number of amides is 1. The Hall–Kier alpha value is -2.04. The molecule has 0 heterocycles. The summed E-state index contributed by atoms with van der Waals surface area (Å²) < 4.78 is 5.89. The summed E-state index contributed by atoms with van der Waals surface area (Å²) >= 11 is 5.44. The summed E-state index contributed by atoms with van der Waals surface area (Å²) in [5, 5.41) is 13.0. The minimum atomic E-state index is -0.894. The third-order valence-electron chi connectivity index (χ3n) is 3.11. The van der Waals surface area contributed by atoms with Crippen molar-refractivity contribution in [1.82, 2.24) is 5.32 Å². The monoisotopic (exact) mass is 319 g/mol. The number of carbonyl (C=O) groups excluding carboxylic acids is 1. The highest BCUT2D eigenvalue weighted by Crippen LogP contribution is 2.24. The highest BCUT2D eigenvalue weighted by Gasteiger charge is 2.23. The smallest absolute Gasteiger partial charge is 0.235 e. The first-order valence-electron chi connectivity index (χ1n) is 6.98. The molecule has 0 saturated carbocycles. The number of benzene rings is 2. The summed E-state index contributed by atoms with van der Waals surface area (Å²) in [6.07, 6.45) is -1.48. The summed E-state index contributed by atoms with van der Waals surface area (Å²) in [5.74, 6) is 0.189. The van der Waals surface area contributed by atoms with Crippen LogP contribution in [-0.4, -0.2) is 29.5 Å². The van der Waals surface area contributed by atoms with Gasteiger partial charge in [-0.1, -0.05) is 48.5 Å². The number of hydrogen-bond acceptors (Lipinski definition) is 3. The van der Waals surface area contributed by atoms with Gasteiger partial charge in [-0.2, -0.15) is 0 Å². The minimum Gasteiger partial charge on any atom is -0.483 e. The molecular formula is C17H18ClNO3. The number of aliphatic hydroxyl groups excluding tert-OH is 1. The Kier molecular flexibility index (Phi) is 6.25. The molecule has 0 aromatic heterocycles. The lowest BCUT2D eigenvalue weighted by Gasteiger charge is -2.25. The SMILES string of the molecule is O=C(CCl)NCC(O)C(Oc1ccccc1)c1ccccc1. The molecule has 5 heteroatoms. The number of para-hydroxylation sites is 1. The van der Waals surface area contributed by atoms with Gasteiger partial charge in [0, 0.05) is 6.54 Å². The number of carbonyl (C=O) groups is 1. The van der Waals surface area contributed by atoms with E-state index in [9.17, 15) is 9.90 Å². The van der Waals surface area contributed by atoms with Crippen molar-refractivity contribution in [2.75, 3.05) is 12.4 Å². The fourth-order valence-corrected chi connectivity index (χ4v) is 2.12. The summed E-state index contributed by atoms with van der Waals surface area (Å²) in [6.45, 7) is 0.0674. The number of alkyl halides is 1. The largest absolute Gasteiger partial charge is 0.483 e. The normalized spacial score (nSPS) is 13.2. The van der Waals surface area contributed by atoms with E-state index in [0.717, 1.165) is 5.56 Å². The van der Waals surface area contributed by atoms with Crippen LogP contribution in [0.1, 0.15) is 11.7 Å². The zero-order valence-electron chi connectivity index (χ0n) is 12.0. The van der Waals surface area contributed by atoms with E-state index in [2.05, 4.69) is 5.32 Å². The van der Waals surface area contributed by atoms with Crippen LogP contribution < -0.4 is 10.1 Å². The molecule has 22 heavy (non-hydrogen) atoms. The number of hydrogen-bond donors (Lipinski definition) is 2. The molecule has 0 aliphatic rings. The van der Waals surface area contributed by atoms with E-state index in [-0.39, 0.29) is 18.3 Å². The van der Waals surface area contributed by atoms with E-state index in [1.807, 2.05) is 60.7 Å². The van der Waals surface area contributed by atoms with Crippen molar-refractivity contribution in [2.45, 2.75) is 12.2 Å². The number of ether oxygens (including phenoxy) is 1. The summed E-state index contributed by atoms with van der Waals surface area (Å²) in [7, 11) is 0. The Morgan fingerprint density at radius 2 is 1.68 bits per heavy atom. The van der Waals surface area contributed by atoms with Crippen LogP contribution in [0.2, 0.25) is 0 Å². The Labute approximate surface area is 134 Å². The van der Waals surface area contributed by atoms with Crippen LogP contribution >= 0.6 is 11.6 Å². The van der Waals surface area contributed by atoms with Gasteiger partial charge in [-0.3, -0.25) is 4.79 Å². The van der Waals surface area contributed by atoms with Gasteiger partial charge in [0.1, 0.15) is 17.7 Å². The molecule has 2 atom stereocenters. The second-order valence-corrected chi connectivity index (χ2v) is 5.03. The standard InChI is InChI=1S/C17H18ClNO3/c18-11-16(21)19-12-15(20)17(13-7-3-1-4-8-13)22-14-9-5-2-6-10-14/h1-10,15,17,20H,11-12H2,(H,19,21). The molecule has 0 aliphatic heterocycles. The van der Waals surface area contributed by atoms with Crippen LogP contribution in [0.4, 0.5) is 0 Å². The van der Waals surface area contributed by atoms with Crippen molar-refractivity contribution >= 4 is 17.5 Å². The zero-order chi connectivity index (χ0) is 15.8. The van der Waals surface area contributed by atoms with Gasteiger partial charge in [0.2, 0.25) is 5.91 Å². The highest BCUT2D eigenvalue weighted by atomic mass is 35.5. The average molecular weight is 320 g/mol. The molecule has 0 fully saturated rings. The minimum absolute atomic E-state index is 0.0674. The maximum atomic E-state index is 11.2. The number of rotatable bonds is 7. The molecule has 2 aromatic carbocycles. The van der Waals surface area contributed by atoms with E-state index in [1.165, 1.54) is 0 Å². The van der Waals surface area contributed by atoms with Crippen molar-refractivity contribution in [3.8, 4) is 5.75 Å².